The number of hydrogen-bond acceptors (Lipinski definition) is 5. The van der Waals surface area contributed by atoms with E-state index < -0.39 is 24.4 Å². The second-order valence-corrected chi connectivity index (χ2v) is 9.19. The molecular weight excluding hydrogens is 538 g/mol. The fourth-order valence-corrected chi connectivity index (χ4v) is 4.33. The van der Waals surface area contributed by atoms with Gasteiger partial charge in [0.2, 0.25) is 5.91 Å². The van der Waals surface area contributed by atoms with Gasteiger partial charge in [-0.05, 0) is 76.8 Å². The van der Waals surface area contributed by atoms with E-state index in [4.69, 9.17) is 9.47 Å². The van der Waals surface area contributed by atoms with Crippen LogP contribution in [0.4, 0.5) is 10.5 Å². The molecule has 2 N–H and O–H groups in total. The number of amides is 4. The quantitative estimate of drug-likeness (QED) is 0.273. The third kappa shape index (κ3) is 6.56. The number of halogens is 1. The second-order valence-electron chi connectivity index (χ2n) is 8.33. The third-order valence-corrected chi connectivity index (χ3v) is 6.02. The number of hydrogen-bond donors (Lipinski definition) is 2. The molecule has 190 valence electrons. The van der Waals surface area contributed by atoms with Gasteiger partial charge in [0.25, 0.3) is 5.91 Å². The van der Waals surface area contributed by atoms with Gasteiger partial charge in [-0.15, -0.1) is 0 Å². The van der Waals surface area contributed by atoms with E-state index >= 15 is 0 Å². The number of rotatable bonds is 9. The van der Waals surface area contributed by atoms with E-state index in [1.54, 1.807) is 24.3 Å². The number of carbonyl (C=O) groups is 3. The smallest absolute Gasteiger partial charge is 0.329 e. The average molecular weight is 564 g/mol. The summed E-state index contributed by atoms with van der Waals surface area (Å²) in [6.07, 6.45) is 1.53. The molecule has 0 atom stereocenters. The topological polar surface area (TPSA) is 97.0 Å². The van der Waals surface area contributed by atoms with E-state index in [2.05, 4.69) is 26.6 Å². The van der Waals surface area contributed by atoms with Gasteiger partial charge in [-0.1, -0.05) is 42.5 Å². The number of benzene rings is 3. The molecule has 1 aliphatic heterocycles. The minimum absolute atomic E-state index is 0.0562. The third-order valence-electron chi connectivity index (χ3n) is 5.43. The predicted molar refractivity (Wildman–Crippen MR) is 144 cm³/mol. The summed E-state index contributed by atoms with van der Waals surface area (Å²) in [4.78, 5) is 38.7. The summed E-state index contributed by atoms with van der Waals surface area (Å²) < 4.78 is 12.4. The summed E-state index contributed by atoms with van der Waals surface area (Å²) in [7, 11) is 0. The molecule has 1 fully saturated rings. The number of anilines is 1. The molecule has 8 nitrogen and oxygen atoms in total. The Labute approximate surface area is 223 Å². The van der Waals surface area contributed by atoms with E-state index in [0.29, 0.717) is 40.4 Å². The van der Waals surface area contributed by atoms with Crippen molar-refractivity contribution in [3.05, 3.63) is 93.6 Å². The van der Waals surface area contributed by atoms with Crippen LogP contribution in [0.3, 0.4) is 0 Å². The van der Waals surface area contributed by atoms with Crippen molar-refractivity contribution in [3.63, 3.8) is 0 Å². The van der Waals surface area contributed by atoms with Crippen LogP contribution in [0.2, 0.25) is 0 Å². The molecule has 4 amide bonds. The lowest BCUT2D eigenvalue weighted by Gasteiger charge is -2.15. The normalized spacial score (nSPS) is 14.0. The first kappa shape index (κ1) is 26.0. The SMILES string of the molecule is CCOc1cc(/C=C2/NC(=O)N(CC(=O)Nc3cccc(C)c3)C2=O)cc(Br)c1OCc1ccccc1. The van der Waals surface area contributed by atoms with Crippen LogP contribution in [0.15, 0.2) is 76.9 Å². The van der Waals surface area contributed by atoms with Gasteiger partial charge in [0.15, 0.2) is 11.5 Å². The van der Waals surface area contributed by atoms with Gasteiger partial charge in [0, 0.05) is 5.69 Å². The van der Waals surface area contributed by atoms with Gasteiger partial charge in [0.1, 0.15) is 18.8 Å². The maximum absolute atomic E-state index is 12.9. The number of nitrogens with one attached hydrogen (secondary N) is 2. The van der Waals surface area contributed by atoms with Crippen molar-refractivity contribution in [1.82, 2.24) is 10.2 Å². The monoisotopic (exact) mass is 563 g/mol. The Morgan fingerprint density at radius 2 is 1.84 bits per heavy atom. The molecule has 4 rings (SSSR count). The summed E-state index contributed by atoms with van der Waals surface area (Å²) in [5, 5.41) is 5.25. The van der Waals surface area contributed by atoms with Crippen LogP contribution in [0, 0.1) is 6.92 Å². The van der Waals surface area contributed by atoms with E-state index in [-0.39, 0.29) is 5.70 Å². The summed E-state index contributed by atoms with van der Waals surface area (Å²) in [6, 6.07) is 19.8. The Hall–Kier alpha value is -4.11. The van der Waals surface area contributed by atoms with Crippen LogP contribution < -0.4 is 20.1 Å². The molecule has 1 aliphatic rings. The number of nitrogens with zero attached hydrogens (tertiary/aromatic N) is 1. The Morgan fingerprint density at radius 3 is 2.57 bits per heavy atom. The number of aryl methyl sites for hydroxylation is 1. The van der Waals surface area contributed by atoms with Crippen LogP contribution in [-0.2, 0) is 16.2 Å². The Bertz CT molecular complexity index is 1360. The molecule has 3 aromatic carbocycles. The fourth-order valence-electron chi connectivity index (χ4n) is 3.75. The number of imide groups is 1. The second kappa shape index (κ2) is 11.7. The molecule has 1 saturated heterocycles. The van der Waals surface area contributed by atoms with Crippen LogP contribution in [0.5, 0.6) is 11.5 Å². The van der Waals surface area contributed by atoms with E-state index in [1.807, 2.05) is 56.3 Å². The van der Waals surface area contributed by atoms with Crippen molar-refractivity contribution in [1.29, 1.82) is 0 Å². The molecule has 0 radical (unpaired) electrons. The first-order chi connectivity index (χ1) is 17.8. The Kier molecular flexibility index (Phi) is 8.25. The maximum atomic E-state index is 12.9. The van der Waals surface area contributed by atoms with E-state index in [0.717, 1.165) is 16.0 Å². The Balaban J connectivity index is 1.49. The van der Waals surface area contributed by atoms with E-state index in [9.17, 15) is 14.4 Å². The molecular formula is C28H26BrN3O5. The van der Waals surface area contributed by atoms with Gasteiger partial charge in [0.05, 0.1) is 11.1 Å². The summed E-state index contributed by atoms with van der Waals surface area (Å²) in [5.41, 5.74) is 3.24. The van der Waals surface area contributed by atoms with Crippen LogP contribution in [-0.4, -0.2) is 35.9 Å². The molecule has 9 heteroatoms. The molecule has 3 aromatic rings. The standard InChI is InChI=1S/C28H26BrN3O5/c1-3-36-24-15-20(13-22(29)26(24)37-17-19-9-5-4-6-10-19)14-23-27(34)32(28(35)31-23)16-25(33)30-21-11-7-8-18(2)12-21/h4-15H,3,16-17H2,1-2H3,(H,30,33)(H,31,35)/b23-14+. The van der Waals surface area contributed by atoms with Gasteiger partial charge < -0.3 is 20.1 Å². The zero-order valence-electron chi connectivity index (χ0n) is 20.4. The lowest BCUT2D eigenvalue weighted by Crippen LogP contribution is -2.38. The number of urea groups is 1. The van der Waals surface area contributed by atoms with Crippen molar-refractivity contribution in [2.75, 3.05) is 18.5 Å². The molecule has 0 spiro atoms. The predicted octanol–water partition coefficient (Wildman–Crippen LogP) is 5.27. The van der Waals surface area contributed by atoms with Crippen molar-refractivity contribution in [2.45, 2.75) is 20.5 Å². The fraction of sp³-hybridized carbons (Fsp3) is 0.179. The first-order valence-corrected chi connectivity index (χ1v) is 12.5. The van der Waals surface area contributed by atoms with Crippen molar-refractivity contribution < 1.29 is 23.9 Å². The molecule has 0 unspecified atom stereocenters. The minimum atomic E-state index is -0.664. The highest BCUT2D eigenvalue weighted by Gasteiger charge is 2.35. The zero-order valence-corrected chi connectivity index (χ0v) is 22.0. The summed E-state index contributed by atoms with van der Waals surface area (Å²) in [5.74, 6) is -0.0468. The van der Waals surface area contributed by atoms with E-state index in [1.165, 1.54) is 6.08 Å². The minimum Gasteiger partial charge on any atom is -0.490 e. The lowest BCUT2D eigenvalue weighted by atomic mass is 10.1. The number of carbonyl (C=O) groups excluding carboxylic acids is 3. The highest BCUT2D eigenvalue weighted by atomic mass is 79.9. The Morgan fingerprint density at radius 1 is 1.05 bits per heavy atom. The number of ether oxygens (including phenoxy) is 2. The van der Waals surface area contributed by atoms with Gasteiger partial charge in [-0.25, -0.2) is 9.69 Å². The molecule has 0 aliphatic carbocycles. The molecule has 0 aromatic heterocycles. The van der Waals surface area contributed by atoms with Crippen molar-refractivity contribution in [3.8, 4) is 11.5 Å². The van der Waals surface area contributed by atoms with Crippen LogP contribution in [0.1, 0.15) is 23.6 Å². The van der Waals surface area contributed by atoms with Crippen LogP contribution in [0.25, 0.3) is 6.08 Å². The highest BCUT2D eigenvalue weighted by molar-refractivity contribution is 9.10. The molecule has 0 bridgehead atoms. The molecule has 37 heavy (non-hydrogen) atoms. The highest BCUT2D eigenvalue weighted by Crippen LogP contribution is 2.38. The molecule has 1 heterocycles. The van der Waals surface area contributed by atoms with Crippen molar-refractivity contribution in [2.24, 2.45) is 0 Å². The largest absolute Gasteiger partial charge is 0.490 e. The van der Waals surface area contributed by atoms with Gasteiger partial charge in [-0.3, -0.25) is 9.59 Å². The zero-order chi connectivity index (χ0) is 26.4. The average Bonchev–Trinajstić information content (AvgIpc) is 3.11. The van der Waals surface area contributed by atoms with Gasteiger partial charge >= 0.3 is 6.03 Å². The first-order valence-electron chi connectivity index (χ1n) is 11.7. The maximum Gasteiger partial charge on any atom is 0.329 e. The molecule has 0 saturated carbocycles. The summed E-state index contributed by atoms with van der Waals surface area (Å²) >= 11 is 3.53. The lowest BCUT2D eigenvalue weighted by molar-refractivity contribution is -0.127. The summed E-state index contributed by atoms with van der Waals surface area (Å²) in [6.45, 7) is 4.12. The van der Waals surface area contributed by atoms with Crippen LogP contribution >= 0.6 is 15.9 Å². The van der Waals surface area contributed by atoms with Gasteiger partial charge in [-0.2, -0.15) is 0 Å². The van der Waals surface area contributed by atoms with Crippen molar-refractivity contribution >= 4 is 45.5 Å².